The molecule has 0 N–H and O–H groups in total. The summed E-state index contributed by atoms with van der Waals surface area (Å²) in [5.41, 5.74) is 1.48. The summed E-state index contributed by atoms with van der Waals surface area (Å²) in [6.45, 7) is 8.34. The predicted octanol–water partition coefficient (Wildman–Crippen LogP) is 4.32. The molecule has 0 aromatic heterocycles. The molecule has 2 aromatic carbocycles. The molecule has 110 valence electrons. The number of benzene rings is 2. The molecule has 0 unspecified atom stereocenters. The van der Waals surface area contributed by atoms with Crippen molar-refractivity contribution in [3.05, 3.63) is 71.8 Å². The van der Waals surface area contributed by atoms with E-state index >= 15 is 0 Å². The largest absolute Gasteiger partial charge is 0.327 e. The van der Waals surface area contributed by atoms with Crippen LogP contribution in [0.1, 0.15) is 38.8 Å². The van der Waals surface area contributed by atoms with Gasteiger partial charge in [0.25, 0.3) is 0 Å². The average Bonchev–Trinajstić information content (AvgIpc) is 2.49. The highest BCUT2D eigenvalue weighted by Crippen LogP contribution is 2.37. The third-order valence-corrected chi connectivity index (χ3v) is 4.27. The van der Waals surface area contributed by atoms with Gasteiger partial charge in [-0.25, -0.2) is 0 Å². The fourth-order valence-electron chi connectivity index (χ4n) is 2.93. The molecule has 0 heterocycles. The average molecular weight is 281 g/mol. The summed E-state index contributed by atoms with van der Waals surface area (Å²) < 4.78 is 0. The van der Waals surface area contributed by atoms with Gasteiger partial charge in [0.15, 0.2) is 0 Å². The van der Waals surface area contributed by atoms with Crippen molar-refractivity contribution in [1.82, 2.24) is 4.90 Å². The third kappa shape index (κ3) is 2.85. The fraction of sp³-hybridized carbons (Fsp3) is 0.316. The minimum atomic E-state index is -0.387. The van der Waals surface area contributed by atoms with E-state index in [-0.39, 0.29) is 11.1 Å². The Labute approximate surface area is 127 Å². The number of rotatable bonds is 5. The topological polar surface area (TPSA) is 20.3 Å². The van der Waals surface area contributed by atoms with Gasteiger partial charge in [0.1, 0.15) is 0 Å². The molecule has 0 bridgehead atoms. The first-order chi connectivity index (χ1) is 9.90. The van der Waals surface area contributed by atoms with Crippen LogP contribution >= 0.6 is 0 Å². The molecular formula is C19H23NO. The molecule has 21 heavy (non-hydrogen) atoms. The summed E-state index contributed by atoms with van der Waals surface area (Å²) in [5, 5.41) is 0. The van der Waals surface area contributed by atoms with E-state index in [4.69, 9.17) is 0 Å². The van der Waals surface area contributed by atoms with Crippen molar-refractivity contribution < 1.29 is 4.79 Å². The van der Waals surface area contributed by atoms with Crippen molar-refractivity contribution in [3.63, 3.8) is 0 Å². The smallest absolute Gasteiger partial charge is 0.211 e. The van der Waals surface area contributed by atoms with Crippen LogP contribution in [-0.2, 0) is 15.9 Å². The van der Waals surface area contributed by atoms with E-state index in [0.29, 0.717) is 0 Å². The fourth-order valence-corrected chi connectivity index (χ4v) is 2.93. The number of amides is 1. The molecule has 0 aliphatic heterocycles. The maximum atomic E-state index is 11.9. The molecule has 0 spiro atoms. The van der Waals surface area contributed by atoms with E-state index in [1.807, 2.05) is 41.3 Å². The molecule has 0 saturated carbocycles. The van der Waals surface area contributed by atoms with Gasteiger partial charge in [-0.05, 0) is 38.8 Å². The Kier molecular flexibility index (Phi) is 4.17. The van der Waals surface area contributed by atoms with Crippen molar-refractivity contribution in [2.45, 2.75) is 38.8 Å². The summed E-state index contributed by atoms with van der Waals surface area (Å²) in [4.78, 5) is 13.8. The lowest BCUT2D eigenvalue weighted by Crippen LogP contribution is -2.51. The number of carbonyl (C=O) groups is 1. The van der Waals surface area contributed by atoms with Crippen LogP contribution in [0.2, 0.25) is 0 Å². The van der Waals surface area contributed by atoms with Crippen LogP contribution in [0.4, 0.5) is 0 Å². The Morgan fingerprint density at radius 1 is 0.714 bits per heavy atom. The summed E-state index contributed by atoms with van der Waals surface area (Å²) in [6.07, 6.45) is 0.958. The first-order valence-corrected chi connectivity index (χ1v) is 7.26. The van der Waals surface area contributed by atoms with Gasteiger partial charge in [-0.3, -0.25) is 4.79 Å². The normalized spacial score (nSPS) is 12.0. The van der Waals surface area contributed by atoms with Crippen LogP contribution in [-0.4, -0.2) is 11.3 Å². The van der Waals surface area contributed by atoms with Gasteiger partial charge in [-0.15, -0.1) is 0 Å². The van der Waals surface area contributed by atoms with E-state index < -0.39 is 0 Å². The predicted molar refractivity (Wildman–Crippen MR) is 86.8 cm³/mol. The minimum absolute atomic E-state index is 0.387. The lowest BCUT2D eigenvalue weighted by Gasteiger charge is -2.47. The van der Waals surface area contributed by atoms with Crippen LogP contribution < -0.4 is 0 Å². The Morgan fingerprint density at radius 2 is 1.05 bits per heavy atom. The number of nitrogens with zero attached hydrogens (tertiary/aromatic N) is 1. The lowest BCUT2D eigenvalue weighted by molar-refractivity contribution is -0.131. The second kappa shape index (κ2) is 5.72. The van der Waals surface area contributed by atoms with Gasteiger partial charge in [-0.1, -0.05) is 60.7 Å². The van der Waals surface area contributed by atoms with Gasteiger partial charge in [0.05, 0.1) is 11.1 Å². The molecule has 0 atom stereocenters. The summed E-state index contributed by atoms with van der Waals surface area (Å²) in [5.74, 6) is 0. The van der Waals surface area contributed by atoms with Crippen molar-refractivity contribution in [3.8, 4) is 0 Å². The number of hydrogen-bond donors (Lipinski definition) is 0. The molecule has 2 nitrogen and oxygen atoms in total. The molecule has 1 amide bonds. The van der Waals surface area contributed by atoms with Gasteiger partial charge < -0.3 is 4.90 Å². The summed E-state index contributed by atoms with van der Waals surface area (Å²) in [7, 11) is 0. The van der Waals surface area contributed by atoms with Gasteiger partial charge in [0, 0.05) is 0 Å². The quantitative estimate of drug-likeness (QED) is 0.748. The lowest BCUT2D eigenvalue weighted by atomic mass is 9.84. The van der Waals surface area contributed by atoms with Crippen molar-refractivity contribution in [1.29, 1.82) is 0 Å². The molecule has 2 heteroatoms. The Hall–Kier alpha value is -2.09. The van der Waals surface area contributed by atoms with E-state index in [9.17, 15) is 4.79 Å². The molecule has 0 aliphatic carbocycles. The Balaban J connectivity index is 2.46. The van der Waals surface area contributed by atoms with Crippen LogP contribution in [0.3, 0.4) is 0 Å². The van der Waals surface area contributed by atoms with E-state index in [1.165, 1.54) is 0 Å². The summed E-state index contributed by atoms with van der Waals surface area (Å²) >= 11 is 0. The van der Waals surface area contributed by atoms with Gasteiger partial charge >= 0.3 is 0 Å². The van der Waals surface area contributed by atoms with Gasteiger partial charge in [-0.2, -0.15) is 0 Å². The maximum absolute atomic E-state index is 11.9. The molecule has 0 radical (unpaired) electrons. The zero-order valence-electron chi connectivity index (χ0n) is 13.2. The Morgan fingerprint density at radius 3 is 1.33 bits per heavy atom. The second-order valence-corrected chi connectivity index (χ2v) is 6.33. The first-order valence-electron chi connectivity index (χ1n) is 7.26. The highest BCUT2D eigenvalue weighted by Gasteiger charge is 2.38. The molecular weight excluding hydrogens is 258 g/mol. The van der Waals surface area contributed by atoms with Crippen LogP contribution in [0.25, 0.3) is 0 Å². The van der Waals surface area contributed by atoms with Crippen molar-refractivity contribution in [2.24, 2.45) is 0 Å². The van der Waals surface area contributed by atoms with E-state index in [0.717, 1.165) is 17.5 Å². The molecule has 0 aliphatic rings. The van der Waals surface area contributed by atoms with Crippen LogP contribution in [0.5, 0.6) is 0 Å². The minimum Gasteiger partial charge on any atom is -0.327 e. The monoisotopic (exact) mass is 281 g/mol. The molecule has 2 aromatic rings. The van der Waals surface area contributed by atoms with Crippen molar-refractivity contribution >= 4 is 6.41 Å². The zero-order chi connectivity index (χ0) is 15.5. The summed E-state index contributed by atoms with van der Waals surface area (Å²) in [6, 6.07) is 20.3. The molecule has 0 fully saturated rings. The van der Waals surface area contributed by atoms with Crippen LogP contribution in [0, 0.1) is 0 Å². The second-order valence-electron chi connectivity index (χ2n) is 6.33. The van der Waals surface area contributed by atoms with E-state index in [2.05, 4.69) is 52.0 Å². The molecule has 0 saturated heterocycles. The standard InChI is InChI=1S/C19H23NO/c1-18(2,16-11-7-5-8-12-16)20(15-21)19(3,4)17-13-9-6-10-14-17/h5-15H,1-4H3. The molecule has 2 rings (SSSR count). The number of carbonyl (C=O) groups excluding carboxylic acids is 1. The third-order valence-electron chi connectivity index (χ3n) is 4.27. The SMILES string of the molecule is CC(C)(c1ccccc1)N(C=O)C(C)(C)c1ccccc1. The highest BCUT2D eigenvalue weighted by molar-refractivity contribution is 5.53. The van der Waals surface area contributed by atoms with Gasteiger partial charge in [0.2, 0.25) is 6.41 Å². The first kappa shape index (κ1) is 15.3. The van der Waals surface area contributed by atoms with E-state index in [1.54, 1.807) is 0 Å². The van der Waals surface area contributed by atoms with Crippen molar-refractivity contribution in [2.75, 3.05) is 0 Å². The number of hydrogen-bond acceptors (Lipinski definition) is 1. The zero-order valence-corrected chi connectivity index (χ0v) is 13.2. The highest BCUT2D eigenvalue weighted by atomic mass is 16.1. The van der Waals surface area contributed by atoms with Crippen LogP contribution in [0.15, 0.2) is 60.7 Å². The maximum Gasteiger partial charge on any atom is 0.211 e. The Bertz CT molecular complexity index is 536.